The van der Waals surface area contributed by atoms with E-state index in [-0.39, 0.29) is 5.92 Å². The molecule has 11 heavy (non-hydrogen) atoms. The van der Waals surface area contributed by atoms with E-state index < -0.39 is 7.29 Å². The van der Waals surface area contributed by atoms with Crippen LogP contribution < -0.4 is 0 Å². The summed E-state index contributed by atoms with van der Waals surface area (Å²) in [6.07, 6.45) is 7.72. The zero-order valence-electron chi connectivity index (χ0n) is 7.08. The van der Waals surface area contributed by atoms with Crippen LogP contribution in [0.1, 0.15) is 6.42 Å². The Hall–Kier alpha value is -0.250. The van der Waals surface area contributed by atoms with Gasteiger partial charge in [0.25, 0.3) is 0 Å². The van der Waals surface area contributed by atoms with Gasteiger partial charge in [-0.1, -0.05) is 0 Å². The van der Waals surface area contributed by atoms with Crippen molar-refractivity contribution >= 4 is 7.29 Å². The van der Waals surface area contributed by atoms with Gasteiger partial charge < -0.3 is 4.57 Å². The first kappa shape index (κ1) is 8.84. The second kappa shape index (κ2) is 3.01. The highest BCUT2D eigenvalue weighted by atomic mass is 31.2. The van der Waals surface area contributed by atoms with E-state index in [1.807, 2.05) is 18.8 Å². The molecule has 0 radical (unpaired) electrons. The van der Waals surface area contributed by atoms with Crippen LogP contribution in [0.25, 0.3) is 0 Å². The Morgan fingerprint density at radius 1 is 1.64 bits per heavy atom. The van der Waals surface area contributed by atoms with Crippen molar-refractivity contribution < 1.29 is 4.57 Å². The van der Waals surface area contributed by atoms with E-state index in [0.717, 1.165) is 18.7 Å². The van der Waals surface area contributed by atoms with Crippen LogP contribution in [0.4, 0.5) is 0 Å². The molecule has 1 aliphatic heterocycles. The van der Waals surface area contributed by atoms with Gasteiger partial charge in [-0.3, -0.25) is 4.67 Å². The molecule has 0 aromatic carbocycles. The van der Waals surface area contributed by atoms with Gasteiger partial charge in [0.05, 0.1) is 0 Å². The Morgan fingerprint density at radius 3 is 2.55 bits per heavy atom. The van der Waals surface area contributed by atoms with Crippen LogP contribution in [-0.4, -0.2) is 31.1 Å². The minimum Gasteiger partial charge on any atom is -0.307 e. The number of hydrogen-bond acceptors (Lipinski definition) is 1. The van der Waals surface area contributed by atoms with Crippen molar-refractivity contribution in [2.75, 3.05) is 26.4 Å². The van der Waals surface area contributed by atoms with Gasteiger partial charge in [-0.15, -0.1) is 12.3 Å². The van der Waals surface area contributed by atoms with Crippen molar-refractivity contribution in [3.63, 3.8) is 0 Å². The highest BCUT2D eigenvalue weighted by Crippen LogP contribution is 2.55. The van der Waals surface area contributed by atoms with Gasteiger partial charge in [0.2, 0.25) is 0 Å². The Labute approximate surface area is 68.4 Å². The van der Waals surface area contributed by atoms with Crippen molar-refractivity contribution in [3.05, 3.63) is 0 Å². The Balaban J connectivity index is 2.67. The summed E-state index contributed by atoms with van der Waals surface area (Å²) >= 11 is 0. The largest absolute Gasteiger partial charge is 0.307 e. The van der Waals surface area contributed by atoms with Crippen molar-refractivity contribution in [1.82, 2.24) is 4.67 Å². The van der Waals surface area contributed by atoms with Crippen LogP contribution >= 0.6 is 7.29 Å². The standard InChI is InChI=1S/C8H14NOP/c1-4-8-5-6-11(10,7-8)9(2)3/h1,8H,5-7H2,2-3H3. The molecule has 0 saturated carbocycles. The molecule has 0 spiro atoms. The summed E-state index contributed by atoms with van der Waals surface area (Å²) in [5, 5.41) is 0. The third-order valence-corrected chi connectivity index (χ3v) is 5.72. The summed E-state index contributed by atoms with van der Waals surface area (Å²) in [7, 11) is 1.73. The predicted molar refractivity (Wildman–Crippen MR) is 48.0 cm³/mol. The zero-order valence-corrected chi connectivity index (χ0v) is 7.97. The first-order chi connectivity index (χ1) is 5.08. The van der Waals surface area contributed by atoms with E-state index in [2.05, 4.69) is 5.92 Å². The molecule has 1 fully saturated rings. The molecule has 0 bridgehead atoms. The number of nitrogens with zero attached hydrogens (tertiary/aromatic N) is 1. The first-order valence-corrected chi connectivity index (χ1v) is 5.83. The maximum absolute atomic E-state index is 11.9. The summed E-state index contributed by atoms with van der Waals surface area (Å²) in [6, 6.07) is 0. The summed E-state index contributed by atoms with van der Waals surface area (Å²) in [6.45, 7) is 0. The maximum Gasteiger partial charge on any atom is 0.151 e. The molecular formula is C8H14NOP. The molecule has 0 aromatic rings. The summed E-state index contributed by atoms with van der Waals surface area (Å²) in [5.41, 5.74) is 0. The molecule has 62 valence electrons. The summed E-state index contributed by atoms with van der Waals surface area (Å²) in [4.78, 5) is 0. The Kier molecular flexibility index (Phi) is 2.42. The average Bonchev–Trinajstić information content (AvgIpc) is 2.33. The third-order valence-electron chi connectivity index (χ3n) is 2.30. The predicted octanol–water partition coefficient (Wildman–Crippen LogP) is 1.48. The molecule has 0 aromatic heterocycles. The van der Waals surface area contributed by atoms with E-state index in [4.69, 9.17) is 6.42 Å². The number of terminal acetylenes is 1. The lowest BCUT2D eigenvalue weighted by Crippen LogP contribution is -2.10. The van der Waals surface area contributed by atoms with E-state index >= 15 is 0 Å². The quantitative estimate of drug-likeness (QED) is 0.440. The van der Waals surface area contributed by atoms with E-state index in [0.29, 0.717) is 0 Å². The molecule has 1 aliphatic rings. The molecule has 0 amide bonds. The Morgan fingerprint density at radius 2 is 2.27 bits per heavy atom. The zero-order chi connectivity index (χ0) is 8.48. The molecule has 0 aliphatic carbocycles. The minimum absolute atomic E-state index is 0.253. The summed E-state index contributed by atoms with van der Waals surface area (Å²) in [5.74, 6) is 2.93. The van der Waals surface area contributed by atoms with Gasteiger partial charge in [-0.05, 0) is 20.5 Å². The van der Waals surface area contributed by atoms with Gasteiger partial charge in [0.15, 0.2) is 7.29 Å². The van der Waals surface area contributed by atoms with Crippen molar-refractivity contribution in [2.45, 2.75) is 6.42 Å². The fourth-order valence-corrected chi connectivity index (χ4v) is 3.98. The second-order valence-corrected chi connectivity index (χ2v) is 6.56. The van der Waals surface area contributed by atoms with Crippen molar-refractivity contribution in [3.8, 4) is 12.3 Å². The van der Waals surface area contributed by atoms with E-state index in [1.165, 1.54) is 0 Å². The SMILES string of the molecule is C#CC1CCP(=O)(N(C)C)C1. The van der Waals surface area contributed by atoms with Crippen LogP contribution in [-0.2, 0) is 4.57 Å². The lowest BCUT2D eigenvalue weighted by molar-refractivity contribution is 0.519. The highest BCUT2D eigenvalue weighted by molar-refractivity contribution is 7.61. The average molecular weight is 171 g/mol. The number of rotatable bonds is 1. The van der Waals surface area contributed by atoms with Crippen LogP contribution in [0.5, 0.6) is 0 Å². The lowest BCUT2D eigenvalue weighted by atomic mass is 10.1. The van der Waals surface area contributed by atoms with E-state index in [9.17, 15) is 4.57 Å². The maximum atomic E-state index is 11.9. The topological polar surface area (TPSA) is 20.3 Å². The fraction of sp³-hybridized carbons (Fsp3) is 0.750. The number of hydrogen-bond donors (Lipinski definition) is 0. The molecular weight excluding hydrogens is 157 g/mol. The summed E-state index contributed by atoms with van der Waals surface area (Å²) < 4.78 is 13.8. The lowest BCUT2D eigenvalue weighted by Gasteiger charge is -2.18. The molecule has 1 saturated heterocycles. The Bertz CT molecular complexity index is 229. The first-order valence-electron chi connectivity index (χ1n) is 3.80. The van der Waals surface area contributed by atoms with E-state index in [1.54, 1.807) is 0 Å². The van der Waals surface area contributed by atoms with Gasteiger partial charge in [-0.2, -0.15) is 0 Å². The van der Waals surface area contributed by atoms with Gasteiger partial charge >= 0.3 is 0 Å². The monoisotopic (exact) mass is 171 g/mol. The molecule has 2 nitrogen and oxygen atoms in total. The smallest absolute Gasteiger partial charge is 0.151 e. The molecule has 2 atom stereocenters. The van der Waals surface area contributed by atoms with Crippen LogP contribution in [0.15, 0.2) is 0 Å². The molecule has 0 N–H and O–H groups in total. The van der Waals surface area contributed by atoms with Crippen LogP contribution in [0.2, 0.25) is 0 Å². The fourth-order valence-electron chi connectivity index (χ4n) is 1.38. The molecule has 1 rings (SSSR count). The second-order valence-electron chi connectivity index (χ2n) is 3.25. The molecule has 1 heterocycles. The molecule has 3 heteroatoms. The van der Waals surface area contributed by atoms with Crippen molar-refractivity contribution in [2.24, 2.45) is 5.92 Å². The van der Waals surface area contributed by atoms with Gasteiger partial charge in [-0.25, -0.2) is 0 Å². The highest BCUT2D eigenvalue weighted by Gasteiger charge is 2.34. The van der Waals surface area contributed by atoms with Crippen LogP contribution in [0, 0.1) is 18.3 Å². The minimum atomic E-state index is -2.02. The van der Waals surface area contributed by atoms with Crippen molar-refractivity contribution in [1.29, 1.82) is 0 Å². The van der Waals surface area contributed by atoms with Crippen LogP contribution in [0.3, 0.4) is 0 Å². The third kappa shape index (κ3) is 1.67. The molecule has 2 unspecified atom stereocenters. The van der Waals surface area contributed by atoms with Gasteiger partial charge in [0, 0.05) is 18.2 Å². The van der Waals surface area contributed by atoms with Gasteiger partial charge in [0.1, 0.15) is 0 Å². The normalized spacial score (nSPS) is 37.5.